The van der Waals surface area contributed by atoms with E-state index in [-0.39, 0.29) is 25.0 Å². The van der Waals surface area contributed by atoms with Crippen LogP contribution in [0, 0.1) is 20.8 Å². The third-order valence-electron chi connectivity index (χ3n) is 5.12. The highest BCUT2D eigenvalue weighted by Gasteiger charge is 2.29. The molecule has 0 aliphatic heterocycles. The SMILES string of the molecule is Cc1cc(C)c(C)c(OCC(=O)N(Cc2ccc(Cl)c(Cl)c2)C(C)C(=O)NC(C)(C)C)c1. The molecular weight excluding hydrogens is 447 g/mol. The molecule has 5 nitrogen and oxygen atoms in total. The number of carbonyl (C=O) groups is 2. The number of carbonyl (C=O) groups excluding carboxylic acids is 2. The summed E-state index contributed by atoms with van der Waals surface area (Å²) in [5.74, 6) is 0.122. The van der Waals surface area contributed by atoms with Gasteiger partial charge in [-0.2, -0.15) is 0 Å². The summed E-state index contributed by atoms with van der Waals surface area (Å²) < 4.78 is 5.88. The highest BCUT2D eigenvalue weighted by atomic mass is 35.5. The van der Waals surface area contributed by atoms with Crippen molar-refractivity contribution in [2.24, 2.45) is 0 Å². The molecule has 0 fully saturated rings. The van der Waals surface area contributed by atoms with Crippen molar-refractivity contribution < 1.29 is 14.3 Å². The van der Waals surface area contributed by atoms with Crippen LogP contribution in [0.1, 0.15) is 49.9 Å². The second-order valence-electron chi connectivity index (χ2n) is 9.18. The lowest BCUT2D eigenvalue weighted by Crippen LogP contribution is -2.53. The summed E-state index contributed by atoms with van der Waals surface area (Å²) in [4.78, 5) is 27.6. The normalized spacial score (nSPS) is 12.3. The first-order valence-corrected chi connectivity index (χ1v) is 11.3. The molecule has 1 atom stereocenters. The summed E-state index contributed by atoms with van der Waals surface area (Å²) in [5, 5.41) is 3.76. The maximum absolute atomic E-state index is 13.2. The van der Waals surface area contributed by atoms with Crippen LogP contribution < -0.4 is 10.1 Å². The van der Waals surface area contributed by atoms with Crippen LogP contribution in [0.5, 0.6) is 5.75 Å². The van der Waals surface area contributed by atoms with Gasteiger partial charge in [0, 0.05) is 12.1 Å². The highest BCUT2D eigenvalue weighted by molar-refractivity contribution is 6.42. The van der Waals surface area contributed by atoms with Crippen LogP contribution in [0.2, 0.25) is 10.0 Å². The first-order chi connectivity index (χ1) is 14.8. The lowest BCUT2D eigenvalue weighted by atomic mass is 10.1. The van der Waals surface area contributed by atoms with Gasteiger partial charge in [-0.1, -0.05) is 35.3 Å². The number of hydrogen-bond donors (Lipinski definition) is 1. The van der Waals surface area contributed by atoms with Crippen LogP contribution in [0.3, 0.4) is 0 Å². The standard InChI is InChI=1S/C25H32Cl2N2O3/c1-15-10-16(2)17(3)22(11-15)32-14-23(30)29(18(4)24(31)28-25(5,6)7)13-19-8-9-20(26)21(27)12-19/h8-12,18H,13-14H2,1-7H3,(H,28,31). The summed E-state index contributed by atoms with van der Waals surface area (Å²) in [6, 6.07) is 8.44. The highest BCUT2D eigenvalue weighted by Crippen LogP contribution is 2.25. The Hall–Kier alpha value is -2.24. The van der Waals surface area contributed by atoms with Gasteiger partial charge >= 0.3 is 0 Å². The van der Waals surface area contributed by atoms with E-state index in [0.29, 0.717) is 15.8 Å². The largest absolute Gasteiger partial charge is 0.483 e. The molecule has 0 bridgehead atoms. The van der Waals surface area contributed by atoms with Crippen LogP contribution in [0.4, 0.5) is 0 Å². The van der Waals surface area contributed by atoms with Gasteiger partial charge in [0.1, 0.15) is 11.8 Å². The van der Waals surface area contributed by atoms with Crippen molar-refractivity contribution in [2.75, 3.05) is 6.61 Å². The van der Waals surface area contributed by atoms with E-state index >= 15 is 0 Å². The average molecular weight is 479 g/mol. The van der Waals surface area contributed by atoms with Crippen molar-refractivity contribution in [3.05, 3.63) is 62.6 Å². The number of nitrogens with zero attached hydrogens (tertiary/aromatic N) is 1. The molecule has 174 valence electrons. The third-order valence-corrected chi connectivity index (χ3v) is 5.86. The zero-order valence-corrected chi connectivity index (χ0v) is 21.3. The Morgan fingerprint density at radius 3 is 2.31 bits per heavy atom. The fraction of sp³-hybridized carbons (Fsp3) is 0.440. The summed E-state index contributed by atoms with van der Waals surface area (Å²) in [6.07, 6.45) is 0. The van der Waals surface area contributed by atoms with Crippen molar-refractivity contribution in [3.63, 3.8) is 0 Å². The zero-order valence-electron chi connectivity index (χ0n) is 19.8. The van der Waals surface area contributed by atoms with Crippen molar-refractivity contribution in [1.82, 2.24) is 10.2 Å². The number of ether oxygens (including phenoxy) is 1. The predicted octanol–water partition coefficient (Wildman–Crippen LogP) is 5.63. The van der Waals surface area contributed by atoms with E-state index in [9.17, 15) is 9.59 Å². The minimum atomic E-state index is -0.708. The zero-order chi connectivity index (χ0) is 24.2. The van der Waals surface area contributed by atoms with E-state index in [0.717, 1.165) is 22.3 Å². The Bertz CT molecular complexity index is 999. The van der Waals surface area contributed by atoms with Gasteiger partial charge in [-0.3, -0.25) is 9.59 Å². The second kappa shape index (κ2) is 10.6. The van der Waals surface area contributed by atoms with Crippen LogP contribution in [-0.2, 0) is 16.1 Å². The van der Waals surface area contributed by atoms with E-state index in [4.69, 9.17) is 27.9 Å². The summed E-state index contributed by atoms with van der Waals surface area (Å²) in [7, 11) is 0. The van der Waals surface area contributed by atoms with E-state index in [2.05, 4.69) is 11.4 Å². The van der Waals surface area contributed by atoms with Crippen molar-refractivity contribution in [3.8, 4) is 5.75 Å². The molecule has 0 saturated carbocycles. The first-order valence-electron chi connectivity index (χ1n) is 10.5. The maximum Gasteiger partial charge on any atom is 0.261 e. The summed E-state index contributed by atoms with van der Waals surface area (Å²) >= 11 is 12.2. The minimum Gasteiger partial charge on any atom is -0.483 e. The van der Waals surface area contributed by atoms with Gasteiger partial charge in [0.15, 0.2) is 6.61 Å². The fourth-order valence-electron chi connectivity index (χ4n) is 3.26. The minimum absolute atomic E-state index is 0.182. The van der Waals surface area contributed by atoms with Crippen LogP contribution in [-0.4, -0.2) is 34.9 Å². The maximum atomic E-state index is 13.2. The first kappa shape index (κ1) is 26.0. The number of halogens is 2. The Balaban J connectivity index is 2.26. The smallest absolute Gasteiger partial charge is 0.261 e. The molecule has 0 spiro atoms. The van der Waals surface area contributed by atoms with Gasteiger partial charge in [-0.15, -0.1) is 0 Å². The number of rotatable bonds is 7. The van der Waals surface area contributed by atoms with Gasteiger partial charge in [-0.05, 0) is 88.9 Å². The molecular formula is C25H32Cl2N2O3. The number of hydrogen-bond acceptors (Lipinski definition) is 3. The Kier molecular flexibility index (Phi) is 8.60. The van der Waals surface area contributed by atoms with Crippen LogP contribution in [0.15, 0.2) is 30.3 Å². The molecule has 0 saturated heterocycles. The van der Waals surface area contributed by atoms with Gasteiger partial charge in [0.05, 0.1) is 10.0 Å². The molecule has 0 aromatic heterocycles. The Morgan fingerprint density at radius 2 is 1.72 bits per heavy atom. The quantitative estimate of drug-likeness (QED) is 0.560. The molecule has 0 aliphatic carbocycles. The second-order valence-corrected chi connectivity index (χ2v) is 9.99. The van der Waals surface area contributed by atoms with Crippen LogP contribution >= 0.6 is 23.2 Å². The molecule has 2 rings (SSSR count). The number of nitrogens with one attached hydrogen (secondary N) is 1. The lowest BCUT2D eigenvalue weighted by molar-refractivity contribution is -0.142. The molecule has 32 heavy (non-hydrogen) atoms. The van der Waals surface area contributed by atoms with Gasteiger partial charge in [-0.25, -0.2) is 0 Å². The Morgan fingerprint density at radius 1 is 1.06 bits per heavy atom. The molecule has 7 heteroatoms. The van der Waals surface area contributed by atoms with Crippen molar-refractivity contribution >= 4 is 35.0 Å². The van der Waals surface area contributed by atoms with E-state index in [1.54, 1.807) is 25.1 Å². The van der Waals surface area contributed by atoms with Gasteiger partial charge in [0.2, 0.25) is 5.91 Å². The molecule has 1 N–H and O–H groups in total. The molecule has 0 heterocycles. The monoisotopic (exact) mass is 478 g/mol. The van der Waals surface area contributed by atoms with E-state index in [1.807, 2.05) is 47.6 Å². The molecule has 2 aromatic carbocycles. The topological polar surface area (TPSA) is 58.6 Å². The predicted molar refractivity (Wildman–Crippen MR) is 131 cm³/mol. The molecule has 1 unspecified atom stereocenters. The molecule has 2 amide bonds. The molecule has 0 radical (unpaired) electrons. The third kappa shape index (κ3) is 7.14. The van der Waals surface area contributed by atoms with E-state index < -0.39 is 11.6 Å². The van der Waals surface area contributed by atoms with Crippen molar-refractivity contribution in [2.45, 2.75) is 66.6 Å². The van der Waals surface area contributed by atoms with Crippen LogP contribution in [0.25, 0.3) is 0 Å². The molecule has 2 aromatic rings. The fourth-order valence-corrected chi connectivity index (χ4v) is 3.59. The molecule has 0 aliphatic rings. The van der Waals surface area contributed by atoms with Gasteiger partial charge < -0.3 is 15.0 Å². The summed E-state index contributed by atoms with van der Waals surface area (Å²) in [6.45, 7) is 13.4. The summed E-state index contributed by atoms with van der Waals surface area (Å²) in [5.41, 5.74) is 3.49. The van der Waals surface area contributed by atoms with E-state index in [1.165, 1.54) is 4.90 Å². The number of amides is 2. The lowest BCUT2D eigenvalue weighted by Gasteiger charge is -2.31. The number of aryl methyl sites for hydroxylation is 2. The Labute approximate surface area is 201 Å². The average Bonchev–Trinajstić information content (AvgIpc) is 2.68. The number of benzene rings is 2. The van der Waals surface area contributed by atoms with Gasteiger partial charge in [0.25, 0.3) is 5.91 Å². The van der Waals surface area contributed by atoms with Crippen molar-refractivity contribution in [1.29, 1.82) is 0 Å².